The van der Waals surface area contributed by atoms with Gasteiger partial charge in [-0.3, -0.25) is 9.59 Å². The largest absolute Gasteiger partial charge is 0.325 e. The Morgan fingerprint density at radius 1 is 0.828 bits per heavy atom. The van der Waals surface area contributed by atoms with Gasteiger partial charge < -0.3 is 10.6 Å². The third-order valence-electron chi connectivity index (χ3n) is 4.89. The molecule has 29 heavy (non-hydrogen) atoms. The van der Waals surface area contributed by atoms with Crippen molar-refractivity contribution >= 4 is 35.0 Å². The average Bonchev–Trinajstić information content (AvgIpc) is 2.64. The Labute approximate surface area is 178 Å². The Kier molecular flexibility index (Phi) is 8.32. The van der Waals surface area contributed by atoms with Crippen molar-refractivity contribution in [2.24, 2.45) is 0 Å². The summed E-state index contributed by atoms with van der Waals surface area (Å²) in [5.74, 6) is 0.939. The van der Waals surface area contributed by atoms with Crippen LogP contribution in [0.2, 0.25) is 0 Å². The molecular weight excluding hydrogens is 380 g/mol. The second-order valence-corrected chi connectivity index (χ2v) is 8.99. The van der Waals surface area contributed by atoms with Gasteiger partial charge in [-0.1, -0.05) is 52.0 Å². The molecule has 0 aliphatic carbocycles. The van der Waals surface area contributed by atoms with Gasteiger partial charge in [-0.25, -0.2) is 0 Å². The van der Waals surface area contributed by atoms with Crippen molar-refractivity contribution < 1.29 is 9.59 Å². The van der Waals surface area contributed by atoms with Crippen molar-refractivity contribution in [3.05, 3.63) is 58.7 Å². The van der Waals surface area contributed by atoms with Gasteiger partial charge in [-0.15, -0.1) is 11.8 Å². The number of thioether (sulfide) groups is 1. The first kappa shape index (κ1) is 23.0. The van der Waals surface area contributed by atoms with Gasteiger partial charge in [0.15, 0.2) is 0 Å². The van der Waals surface area contributed by atoms with Crippen LogP contribution in [0.1, 0.15) is 61.8 Å². The van der Waals surface area contributed by atoms with E-state index < -0.39 is 0 Å². The van der Waals surface area contributed by atoms with E-state index in [-0.39, 0.29) is 23.3 Å². The molecule has 0 heterocycles. The van der Waals surface area contributed by atoms with Crippen LogP contribution in [-0.2, 0) is 9.59 Å². The maximum Gasteiger partial charge on any atom is 0.234 e. The predicted molar refractivity (Wildman–Crippen MR) is 125 cm³/mol. The van der Waals surface area contributed by atoms with Crippen LogP contribution in [0, 0.1) is 13.8 Å². The minimum absolute atomic E-state index is 0.0796. The molecule has 0 aliphatic rings. The third-order valence-corrected chi connectivity index (χ3v) is 5.83. The molecule has 0 saturated carbocycles. The molecule has 0 spiro atoms. The number of carbonyl (C=O) groups excluding carboxylic acids is 2. The van der Waals surface area contributed by atoms with Crippen molar-refractivity contribution in [2.45, 2.75) is 53.4 Å². The lowest BCUT2D eigenvalue weighted by atomic mass is 9.92. The van der Waals surface area contributed by atoms with Crippen LogP contribution >= 0.6 is 11.8 Å². The highest BCUT2D eigenvalue weighted by Crippen LogP contribution is 2.32. The minimum Gasteiger partial charge on any atom is -0.325 e. The first-order chi connectivity index (χ1) is 13.7. The molecule has 5 heteroatoms. The fourth-order valence-corrected chi connectivity index (χ4v) is 3.74. The fraction of sp³-hybridized carbons (Fsp3) is 0.417. The number of anilines is 2. The molecule has 2 rings (SSSR count). The first-order valence-electron chi connectivity index (χ1n) is 10.1. The number of para-hydroxylation sites is 1. The molecule has 0 radical (unpaired) electrons. The number of carbonyl (C=O) groups is 2. The van der Waals surface area contributed by atoms with Crippen LogP contribution in [0.5, 0.6) is 0 Å². The van der Waals surface area contributed by atoms with Gasteiger partial charge in [0.1, 0.15) is 0 Å². The van der Waals surface area contributed by atoms with Gasteiger partial charge in [0.05, 0.1) is 11.5 Å². The van der Waals surface area contributed by atoms with Crippen LogP contribution in [0.3, 0.4) is 0 Å². The normalized spacial score (nSPS) is 11.0. The van der Waals surface area contributed by atoms with Gasteiger partial charge in [-0.2, -0.15) is 0 Å². The minimum atomic E-state index is -0.100. The zero-order chi connectivity index (χ0) is 21.6. The molecular formula is C24H32N2O2S. The van der Waals surface area contributed by atoms with Crippen LogP contribution in [0.25, 0.3) is 0 Å². The molecule has 0 unspecified atom stereocenters. The summed E-state index contributed by atoms with van der Waals surface area (Å²) in [4.78, 5) is 24.7. The summed E-state index contributed by atoms with van der Waals surface area (Å²) in [6, 6.07) is 12.0. The Morgan fingerprint density at radius 3 is 1.90 bits per heavy atom. The molecule has 2 amide bonds. The van der Waals surface area contributed by atoms with Crippen molar-refractivity contribution in [3.63, 3.8) is 0 Å². The summed E-state index contributed by atoms with van der Waals surface area (Å²) in [7, 11) is 0. The molecule has 2 N–H and O–H groups in total. The summed E-state index contributed by atoms with van der Waals surface area (Å²) < 4.78 is 0. The van der Waals surface area contributed by atoms with Crippen molar-refractivity contribution in [3.8, 4) is 0 Å². The zero-order valence-corrected chi connectivity index (χ0v) is 19.1. The van der Waals surface area contributed by atoms with Crippen molar-refractivity contribution in [2.75, 3.05) is 22.1 Å². The number of nitrogens with one attached hydrogen (secondary N) is 2. The van der Waals surface area contributed by atoms with Gasteiger partial charge >= 0.3 is 0 Å². The smallest absolute Gasteiger partial charge is 0.234 e. The van der Waals surface area contributed by atoms with Crippen LogP contribution in [-0.4, -0.2) is 23.3 Å². The highest BCUT2D eigenvalue weighted by atomic mass is 32.2. The Bertz CT molecular complexity index is 849. The quantitative estimate of drug-likeness (QED) is 0.571. The molecule has 2 aromatic carbocycles. The van der Waals surface area contributed by atoms with E-state index in [9.17, 15) is 9.59 Å². The van der Waals surface area contributed by atoms with Gasteiger partial charge in [0.25, 0.3) is 0 Å². The molecule has 4 nitrogen and oxygen atoms in total. The Balaban J connectivity index is 1.92. The van der Waals surface area contributed by atoms with Crippen LogP contribution in [0.15, 0.2) is 36.4 Å². The topological polar surface area (TPSA) is 58.2 Å². The number of benzene rings is 2. The lowest BCUT2D eigenvalue weighted by Crippen LogP contribution is -2.20. The second kappa shape index (κ2) is 10.5. The number of rotatable bonds is 8. The molecule has 2 aromatic rings. The molecule has 0 atom stereocenters. The van der Waals surface area contributed by atoms with Gasteiger partial charge in [-0.05, 0) is 60.1 Å². The number of amides is 2. The lowest BCUT2D eigenvalue weighted by Gasteiger charge is -2.20. The Hall–Kier alpha value is -2.27. The molecule has 0 aromatic heterocycles. The average molecular weight is 413 g/mol. The lowest BCUT2D eigenvalue weighted by molar-refractivity contribution is -0.114. The summed E-state index contributed by atoms with van der Waals surface area (Å²) in [5.41, 5.74) is 6.32. The van der Waals surface area contributed by atoms with E-state index in [1.54, 1.807) is 0 Å². The number of aryl methyl sites for hydroxylation is 2. The zero-order valence-electron chi connectivity index (χ0n) is 18.3. The Morgan fingerprint density at radius 2 is 1.38 bits per heavy atom. The van der Waals surface area contributed by atoms with E-state index in [2.05, 4.69) is 50.5 Å². The molecule has 0 fully saturated rings. The van der Waals surface area contributed by atoms with Crippen molar-refractivity contribution in [1.82, 2.24) is 0 Å². The summed E-state index contributed by atoms with van der Waals surface area (Å²) in [6.45, 7) is 12.6. The van der Waals surface area contributed by atoms with E-state index in [0.717, 1.165) is 28.1 Å². The van der Waals surface area contributed by atoms with E-state index in [0.29, 0.717) is 11.8 Å². The first-order valence-corrected chi connectivity index (χ1v) is 11.2. The second-order valence-electron chi connectivity index (χ2n) is 8.01. The monoisotopic (exact) mass is 412 g/mol. The highest BCUT2D eigenvalue weighted by molar-refractivity contribution is 8.00. The summed E-state index contributed by atoms with van der Waals surface area (Å²) in [6.07, 6.45) is 0. The number of hydrogen-bond acceptors (Lipinski definition) is 3. The highest BCUT2D eigenvalue weighted by Gasteiger charge is 2.16. The summed E-state index contributed by atoms with van der Waals surface area (Å²) in [5, 5.41) is 5.98. The van der Waals surface area contributed by atoms with E-state index in [1.807, 2.05) is 38.1 Å². The van der Waals surface area contributed by atoms with Crippen LogP contribution < -0.4 is 10.6 Å². The van der Waals surface area contributed by atoms with E-state index in [4.69, 9.17) is 0 Å². The molecule has 0 bridgehead atoms. The van der Waals surface area contributed by atoms with E-state index in [1.165, 1.54) is 17.3 Å². The maximum atomic E-state index is 12.5. The van der Waals surface area contributed by atoms with Gasteiger partial charge in [0, 0.05) is 11.4 Å². The molecule has 156 valence electrons. The fourth-order valence-electron chi connectivity index (χ4n) is 3.12. The van der Waals surface area contributed by atoms with E-state index >= 15 is 0 Å². The summed E-state index contributed by atoms with van der Waals surface area (Å²) >= 11 is 1.32. The van der Waals surface area contributed by atoms with Gasteiger partial charge in [0.2, 0.25) is 11.8 Å². The van der Waals surface area contributed by atoms with Crippen molar-refractivity contribution in [1.29, 1.82) is 0 Å². The third kappa shape index (κ3) is 6.64. The predicted octanol–water partition coefficient (Wildman–Crippen LogP) is 5.86. The number of hydrogen-bond donors (Lipinski definition) is 2. The molecule has 0 saturated heterocycles. The maximum absolute atomic E-state index is 12.5. The standard InChI is InChI=1S/C24H32N2O2S/c1-15(2)20-8-7-9-21(16(3)4)24(20)26-23(28)14-29-13-22(27)25-19-11-10-17(5)18(6)12-19/h7-12,15-16H,13-14H2,1-6H3,(H,25,27)(H,26,28). The SMILES string of the molecule is Cc1ccc(NC(=O)CSCC(=O)Nc2c(C(C)C)cccc2C(C)C)cc1C. The molecule has 0 aliphatic heterocycles. The van der Waals surface area contributed by atoms with Crippen LogP contribution in [0.4, 0.5) is 11.4 Å².